The normalized spacial score (nSPS) is 9.83. The van der Waals surface area contributed by atoms with Gasteiger partial charge >= 0.3 is 0 Å². The molecule has 1 rings (SSSR count). The first-order chi connectivity index (χ1) is 8.67. The molecule has 18 heavy (non-hydrogen) atoms. The molecule has 0 heterocycles. The van der Waals surface area contributed by atoms with Crippen LogP contribution in [0.15, 0.2) is 24.3 Å². The molecule has 0 N–H and O–H groups in total. The van der Waals surface area contributed by atoms with Crippen LogP contribution in [0.25, 0.3) is 0 Å². The summed E-state index contributed by atoms with van der Waals surface area (Å²) in [5, 5.41) is 0. The predicted molar refractivity (Wildman–Crippen MR) is 75.7 cm³/mol. The van der Waals surface area contributed by atoms with Crippen LogP contribution in [-0.2, 0) is 11.3 Å². The van der Waals surface area contributed by atoms with Gasteiger partial charge in [0.05, 0.1) is 12.3 Å². The first-order valence-corrected chi connectivity index (χ1v) is 6.06. The van der Waals surface area contributed by atoms with Gasteiger partial charge in [-0.15, -0.1) is 0 Å². The van der Waals surface area contributed by atoms with E-state index in [0.717, 1.165) is 24.3 Å². The van der Waals surface area contributed by atoms with Crippen molar-refractivity contribution in [2.24, 2.45) is 5.92 Å². The van der Waals surface area contributed by atoms with Crippen molar-refractivity contribution in [3.05, 3.63) is 29.8 Å². The molecular weight excluding hydrogens is 222 g/mol. The lowest BCUT2D eigenvalue weighted by Crippen LogP contribution is -2.07. The third-order valence-electron chi connectivity index (χ3n) is 2.56. The van der Waals surface area contributed by atoms with Crippen LogP contribution in [0.5, 0.6) is 0 Å². The molecule has 0 spiro atoms. The van der Waals surface area contributed by atoms with E-state index in [1.54, 1.807) is 0 Å². The maximum Gasteiger partial charge on any atom is 0.0716 e. The Kier molecular flexibility index (Phi) is 5.85. The minimum absolute atomic E-state index is 0.624. The lowest BCUT2D eigenvalue weighted by Gasteiger charge is -2.10. The van der Waals surface area contributed by atoms with Crippen LogP contribution in [0, 0.1) is 30.9 Å². The van der Waals surface area contributed by atoms with Gasteiger partial charge in [0.25, 0.3) is 0 Å². The summed E-state index contributed by atoms with van der Waals surface area (Å²) in [5.41, 5.74) is 1.95. The third-order valence-corrected chi connectivity index (χ3v) is 2.56. The van der Waals surface area contributed by atoms with E-state index >= 15 is 0 Å². The van der Waals surface area contributed by atoms with E-state index in [1.165, 1.54) is 4.90 Å². The summed E-state index contributed by atoms with van der Waals surface area (Å²) in [4.78, 5) is 1.41. The molecule has 2 nitrogen and oxygen atoms in total. The van der Waals surface area contributed by atoms with E-state index in [2.05, 4.69) is 25.9 Å². The van der Waals surface area contributed by atoms with Crippen LogP contribution >= 0.6 is 0 Å². The van der Waals surface area contributed by atoms with Gasteiger partial charge in [0.1, 0.15) is 0 Å². The van der Waals surface area contributed by atoms with Gasteiger partial charge in [-0.05, 0) is 30.0 Å². The highest BCUT2D eigenvalue weighted by Crippen LogP contribution is 2.14. The van der Waals surface area contributed by atoms with Crippen molar-refractivity contribution >= 4 is 5.69 Å². The maximum atomic E-state index is 5.59. The SMILES string of the molecule is C#CN(C#C)c1ccc(COCCC(C)C)cc1. The van der Waals surface area contributed by atoms with E-state index in [4.69, 9.17) is 17.6 Å². The molecule has 94 valence electrons. The quantitative estimate of drug-likeness (QED) is 0.431. The standard InChI is InChI=1S/C16H19NO/c1-5-17(6-2)16-9-7-15(8-10-16)13-18-12-11-14(3)4/h1-2,7-10,14H,11-13H2,3-4H3. The Balaban J connectivity index is 2.46. The van der Waals surface area contributed by atoms with Crippen LogP contribution in [0.3, 0.4) is 0 Å². The molecule has 2 heteroatoms. The average Bonchev–Trinajstić information content (AvgIpc) is 2.37. The van der Waals surface area contributed by atoms with E-state index < -0.39 is 0 Å². The van der Waals surface area contributed by atoms with Gasteiger partial charge in [-0.2, -0.15) is 0 Å². The molecular formula is C16H19NO. The smallest absolute Gasteiger partial charge is 0.0716 e. The molecule has 0 radical (unpaired) electrons. The van der Waals surface area contributed by atoms with Gasteiger partial charge in [-0.1, -0.05) is 38.8 Å². The number of ether oxygens (including phenoxy) is 1. The Morgan fingerprint density at radius 2 is 1.78 bits per heavy atom. The highest BCUT2D eigenvalue weighted by Gasteiger charge is 2.00. The van der Waals surface area contributed by atoms with Crippen LogP contribution in [-0.4, -0.2) is 6.61 Å². The van der Waals surface area contributed by atoms with Crippen molar-refractivity contribution in [1.29, 1.82) is 0 Å². The minimum Gasteiger partial charge on any atom is -0.377 e. The molecule has 0 amide bonds. The molecule has 0 aliphatic carbocycles. The van der Waals surface area contributed by atoms with E-state index in [0.29, 0.717) is 12.5 Å². The molecule has 0 fully saturated rings. The summed E-state index contributed by atoms with van der Waals surface area (Å²) in [6.45, 7) is 5.79. The Morgan fingerprint density at radius 1 is 1.17 bits per heavy atom. The zero-order valence-electron chi connectivity index (χ0n) is 11.0. The third kappa shape index (κ3) is 4.53. The molecule has 0 atom stereocenters. The van der Waals surface area contributed by atoms with Crippen LogP contribution in [0.1, 0.15) is 25.8 Å². The number of nitrogens with zero attached hydrogens (tertiary/aromatic N) is 1. The summed E-state index contributed by atoms with van der Waals surface area (Å²) in [5.74, 6) is 0.673. The maximum absolute atomic E-state index is 5.59. The number of hydrogen-bond donors (Lipinski definition) is 0. The largest absolute Gasteiger partial charge is 0.377 e. The molecule has 0 saturated carbocycles. The zero-order chi connectivity index (χ0) is 13.4. The first kappa shape index (κ1) is 14.2. The van der Waals surface area contributed by atoms with Crippen LogP contribution in [0.2, 0.25) is 0 Å². The number of terminal acetylenes is 2. The Bertz CT molecular complexity index is 420. The number of hydrogen-bond acceptors (Lipinski definition) is 2. The van der Waals surface area contributed by atoms with E-state index in [9.17, 15) is 0 Å². The topological polar surface area (TPSA) is 12.5 Å². The van der Waals surface area contributed by atoms with Crippen molar-refractivity contribution in [3.8, 4) is 24.9 Å². The van der Waals surface area contributed by atoms with Crippen molar-refractivity contribution in [1.82, 2.24) is 0 Å². The van der Waals surface area contributed by atoms with Gasteiger partial charge in [-0.25, -0.2) is 4.90 Å². The molecule has 0 unspecified atom stereocenters. The van der Waals surface area contributed by atoms with Gasteiger partial charge in [0.2, 0.25) is 0 Å². The average molecular weight is 241 g/mol. The van der Waals surface area contributed by atoms with Gasteiger partial charge in [-0.3, -0.25) is 0 Å². The fourth-order valence-electron chi connectivity index (χ4n) is 1.44. The molecule has 0 aromatic heterocycles. The summed E-state index contributed by atoms with van der Waals surface area (Å²) >= 11 is 0. The van der Waals surface area contributed by atoms with E-state index in [-0.39, 0.29) is 0 Å². The zero-order valence-corrected chi connectivity index (χ0v) is 11.0. The monoisotopic (exact) mass is 241 g/mol. The minimum atomic E-state index is 0.624. The fourth-order valence-corrected chi connectivity index (χ4v) is 1.44. The van der Waals surface area contributed by atoms with Crippen LogP contribution in [0.4, 0.5) is 5.69 Å². The fraction of sp³-hybridized carbons (Fsp3) is 0.375. The van der Waals surface area contributed by atoms with Gasteiger partial charge < -0.3 is 4.74 Å². The Morgan fingerprint density at radius 3 is 2.28 bits per heavy atom. The Labute approximate surface area is 110 Å². The highest BCUT2D eigenvalue weighted by molar-refractivity contribution is 5.56. The lowest BCUT2D eigenvalue weighted by atomic mass is 10.1. The molecule has 1 aromatic carbocycles. The number of anilines is 1. The molecule has 0 aliphatic heterocycles. The van der Waals surface area contributed by atoms with Crippen LogP contribution < -0.4 is 4.90 Å². The molecule has 1 aromatic rings. The van der Waals surface area contributed by atoms with E-state index in [1.807, 2.05) is 24.3 Å². The number of benzene rings is 1. The molecule has 0 bridgehead atoms. The van der Waals surface area contributed by atoms with Crippen molar-refractivity contribution in [2.45, 2.75) is 26.9 Å². The summed E-state index contributed by atoms with van der Waals surface area (Å²) < 4.78 is 5.59. The Hall–Kier alpha value is -1.90. The second-order valence-electron chi connectivity index (χ2n) is 4.50. The van der Waals surface area contributed by atoms with Gasteiger partial charge in [0, 0.05) is 18.7 Å². The summed E-state index contributed by atoms with van der Waals surface area (Å²) in [6, 6.07) is 12.6. The molecule has 0 aliphatic rings. The second kappa shape index (κ2) is 7.43. The first-order valence-electron chi connectivity index (χ1n) is 6.06. The van der Waals surface area contributed by atoms with Gasteiger partial charge in [0.15, 0.2) is 0 Å². The highest BCUT2D eigenvalue weighted by atomic mass is 16.5. The number of rotatable bonds is 6. The van der Waals surface area contributed by atoms with Crippen molar-refractivity contribution in [2.75, 3.05) is 11.5 Å². The predicted octanol–water partition coefficient (Wildman–Crippen LogP) is 3.24. The van der Waals surface area contributed by atoms with Crippen molar-refractivity contribution in [3.63, 3.8) is 0 Å². The lowest BCUT2D eigenvalue weighted by molar-refractivity contribution is 0.110. The van der Waals surface area contributed by atoms with Crippen molar-refractivity contribution < 1.29 is 4.74 Å². The second-order valence-corrected chi connectivity index (χ2v) is 4.50. The summed E-state index contributed by atoms with van der Waals surface area (Å²) in [6.07, 6.45) is 11.7. The molecule has 0 saturated heterocycles. The summed E-state index contributed by atoms with van der Waals surface area (Å²) in [7, 11) is 0.